The number of rotatable bonds is 5. The van der Waals surface area contributed by atoms with Crippen molar-refractivity contribution in [3.63, 3.8) is 0 Å². The molecule has 0 aromatic rings. The summed E-state index contributed by atoms with van der Waals surface area (Å²) >= 11 is 2.05. The van der Waals surface area contributed by atoms with Crippen LogP contribution in [-0.2, 0) is 24.6 Å². The summed E-state index contributed by atoms with van der Waals surface area (Å²) in [4.78, 5) is 11.1. The molecular formula is C6H11MoO2. The number of unbranched alkanes of at least 4 members (excludes halogenated alkanes) is 2. The van der Waals surface area contributed by atoms with Crippen LogP contribution in [0, 0.1) is 0 Å². The number of hydrogen-bond acceptors (Lipinski definition) is 1. The van der Waals surface area contributed by atoms with Gasteiger partial charge in [-0.25, -0.2) is 0 Å². The van der Waals surface area contributed by atoms with Gasteiger partial charge in [0.25, 0.3) is 0 Å². The second-order valence-electron chi connectivity index (χ2n) is 1.91. The molecule has 0 aromatic heterocycles. The van der Waals surface area contributed by atoms with Crippen LogP contribution in [0.1, 0.15) is 25.7 Å². The van der Waals surface area contributed by atoms with E-state index >= 15 is 0 Å². The van der Waals surface area contributed by atoms with E-state index in [1.807, 2.05) is 0 Å². The minimum absolute atomic E-state index is 0.334. The molecule has 0 aliphatic carbocycles. The van der Waals surface area contributed by atoms with Crippen molar-refractivity contribution in [2.75, 3.05) is 0 Å². The van der Waals surface area contributed by atoms with Gasteiger partial charge < -0.3 is 0 Å². The summed E-state index contributed by atoms with van der Waals surface area (Å²) in [5.41, 5.74) is 0. The Morgan fingerprint density at radius 1 is 1.33 bits per heavy atom. The molecular weight excluding hydrogens is 200 g/mol. The average Bonchev–Trinajstić information content (AvgIpc) is 1.80. The van der Waals surface area contributed by atoms with Crippen LogP contribution in [0.3, 0.4) is 0 Å². The predicted molar refractivity (Wildman–Crippen MR) is 30.9 cm³/mol. The first kappa shape index (κ1) is 9.16. The van der Waals surface area contributed by atoms with Crippen molar-refractivity contribution in [2.24, 2.45) is 0 Å². The number of aliphatic carboxylic acids is 1. The van der Waals surface area contributed by atoms with Crippen molar-refractivity contribution >= 4 is 5.97 Å². The van der Waals surface area contributed by atoms with Crippen LogP contribution >= 0.6 is 0 Å². The van der Waals surface area contributed by atoms with Gasteiger partial charge in [0.1, 0.15) is 0 Å². The van der Waals surface area contributed by atoms with E-state index in [1.165, 1.54) is 4.81 Å². The Morgan fingerprint density at radius 2 is 2.00 bits per heavy atom. The molecule has 0 aromatic carbocycles. The van der Waals surface area contributed by atoms with Gasteiger partial charge in [0.15, 0.2) is 0 Å². The van der Waals surface area contributed by atoms with Gasteiger partial charge in [-0.15, -0.1) is 0 Å². The fraction of sp³-hybridized carbons (Fsp3) is 0.833. The first-order valence-corrected chi connectivity index (χ1v) is 4.49. The molecule has 0 saturated carbocycles. The normalized spacial score (nSPS) is 9.33. The summed E-state index contributed by atoms with van der Waals surface area (Å²) in [6, 6.07) is 0. The van der Waals surface area contributed by atoms with Gasteiger partial charge in [-0.1, -0.05) is 0 Å². The van der Waals surface area contributed by atoms with Crippen LogP contribution in [0.25, 0.3) is 0 Å². The Morgan fingerprint density at radius 3 is 2.44 bits per heavy atom. The van der Waals surface area contributed by atoms with Gasteiger partial charge in [-0.2, -0.15) is 0 Å². The van der Waals surface area contributed by atoms with E-state index < -0.39 is 5.97 Å². The Kier molecular flexibility index (Phi) is 6.39. The summed E-state index contributed by atoms with van der Waals surface area (Å²) in [5, 5.41) is 8.21. The summed E-state index contributed by atoms with van der Waals surface area (Å²) in [7, 11) is 0. The van der Waals surface area contributed by atoms with Crippen LogP contribution in [0.4, 0.5) is 0 Å². The quantitative estimate of drug-likeness (QED) is 0.553. The maximum absolute atomic E-state index is 9.96. The molecule has 53 valence electrons. The van der Waals surface area contributed by atoms with Crippen LogP contribution in [0.15, 0.2) is 0 Å². The van der Waals surface area contributed by atoms with E-state index in [2.05, 4.69) is 19.8 Å². The summed E-state index contributed by atoms with van der Waals surface area (Å²) in [6.07, 6.45) is 3.40. The number of carbonyl (C=O) groups is 1. The monoisotopic (exact) mass is 213 g/mol. The molecule has 0 aliphatic heterocycles. The number of carboxylic acid groups (broad SMARTS) is 1. The predicted octanol–water partition coefficient (Wildman–Crippen LogP) is 1.60. The first-order valence-electron chi connectivity index (χ1n) is 3.07. The molecule has 0 saturated heterocycles. The van der Waals surface area contributed by atoms with Gasteiger partial charge >= 0.3 is 66.2 Å². The van der Waals surface area contributed by atoms with Crippen molar-refractivity contribution in [1.82, 2.24) is 0 Å². The first-order chi connectivity index (χ1) is 4.27. The zero-order valence-electron chi connectivity index (χ0n) is 5.30. The SMILES string of the molecule is O=C(O)CCCC[CH2][Mo]. The van der Waals surface area contributed by atoms with Crippen molar-refractivity contribution in [1.29, 1.82) is 0 Å². The molecule has 0 atom stereocenters. The second-order valence-corrected chi connectivity index (χ2v) is 2.91. The van der Waals surface area contributed by atoms with Crippen molar-refractivity contribution < 1.29 is 29.7 Å². The molecule has 0 rings (SSSR count). The molecule has 2 nitrogen and oxygen atoms in total. The van der Waals surface area contributed by atoms with Crippen molar-refractivity contribution in [2.45, 2.75) is 30.5 Å². The molecule has 0 bridgehead atoms. The number of hydrogen-bond donors (Lipinski definition) is 1. The Balaban J connectivity index is 2.83. The van der Waals surface area contributed by atoms with Crippen LogP contribution in [-0.4, -0.2) is 11.1 Å². The molecule has 0 radical (unpaired) electrons. The molecule has 0 unspecified atom stereocenters. The van der Waals surface area contributed by atoms with E-state index in [4.69, 9.17) is 5.11 Å². The van der Waals surface area contributed by atoms with E-state index in [9.17, 15) is 4.79 Å². The average molecular weight is 211 g/mol. The van der Waals surface area contributed by atoms with Crippen LogP contribution < -0.4 is 0 Å². The molecule has 0 fully saturated rings. The fourth-order valence-corrected chi connectivity index (χ4v) is 1.06. The molecule has 0 aliphatic rings. The maximum atomic E-state index is 9.96. The molecule has 1 N–H and O–H groups in total. The van der Waals surface area contributed by atoms with Crippen molar-refractivity contribution in [3.05, 3.63) is 0 Å². The zero-order chi connectivity index (χ0) is 7.11. The summed E-state index contributed by atoms with van der Waals surface area (Å²) in [5.74, 6) is -0.674. The Labute approximate surface area is 66.5 Å². The third-order valence-corrected chi connectivity index (χ3v) is 1.74. The molecule has 0 amide bonds. The minimum atomic E-state index is -0.674. The summed E-state index contributed by atoms with van der Waals surface area (Å²) in [6.45, 7) is 0. The molecule has 3 heteroatoms. The van der Waals surface area contributed by atoms with E-state index in [0.717, 1.165) is 19.3 Å². The third-order valence-electron chi connectivity index (χ3n) is 1.03. The van der Waals surface area contributed by atoms with Gasteiger partial charge in [0.05, 0.1) is 0 Å². The Bertz CT molecular complexity index is 83.1. The van der Waals surface area contributed by atoms with Crippen LogP contribution in [0.2, 0.25) is 4.81 Å². The topological polar surface area (TPSA) is 37.3 Å². The molecule has 9 heavy (non-hydrogen) atoms. The Hall–Kier alpha value is 0.158. The third kappa shape index (κ3) is 8.16. The molecule has 0 spiro atoms. The standard InChI is InChI=1S/C6H11O2.Mo/c1-2-3-4-5-6(7)8;/h1-5H2,(H,7,8);. The van der Waals surface area contributed by atoms with E-state index in [-0.39, 0.29) is 0 Å². The fourth-order valence-electron chi connectivity index (χ4n) is 0.555. The van der Waals surface area contributed by atoms with Gasteiger partial charge in [-0.05, 0) is 0 Å². The zero-order valence-corrected chi connectivity index (χ0v) is 7.31. The number of carboxylic acids is 1. The van der Waals surface area contributed by atoms with Gasteiger partial charge in [0.2, 0.25) is 0 Å². The second kappa shape index (κ2) is 6.28. The molecule has 0 heterocycles. The van der Waals surface area contributed by atoms with E-state index in [1.54, 1.807) is 0 Å². The summed E-state index contributed by atoms with van der Waals surface area (Å²) < 4.78 is 0. The van der Waals surface area contributed by atoms with Crippen molar-refractivity contribution in [3.8, 4) is 0 Å². The van der Waals surface area contributed by atoms with Gasteiger partial charge in [0, 0.05) is 0 Å². The van der Waals surface area contributed by atoms with E-state index in [0.29, 0.717) is 6.42 Å². The van der Waals surface area contributed by atoms with Gasteiger partial charge in [-0.3, -0.25) is 0 Å². The van der Waals surface area contributed by atoms with Crippen LogP contribution in [0.5, 0.6) is 0 Å².